The summed E-state index contributed by atoms with van der Waals surface area (Å²) >= 11 is 1.68. The van der Waals surface area contributed by atoms with Crippen LogP contribution in [0.15, 0.2) is 23.8 Å². The van der Waals surface area contributed by atoms with E-state index >= 15 is 0 Å². The fraction of sp³-hybridized carbons (Fsp3) is 0.250. The summed E-state index contributed by atoms with van der Waals surface area (Å²) in [7, 11) is 0. The summed E-state index contributed by atoms with van der Waals surface area (Å²) in [6, 6.07) is 4.08. The van der Waals surface area contributed by atoms with Crippen molar-refractivity contribution in [1.82, 2.24) is 9.97 Å². The van der Waals surface area contributed by atoms with Crippen molar-refractivity contribution >= 4 is 22.9 Å². The normalized spacial score (nSPS) is 19.1. The van der Waals surface area contributed by atoms with Gasteiger partial charge in [0.25, 0.3) is 0 Å². The van der Waals surface area contributed by atoms with Gasteiger partial charge in [-0.25, -0.2) is 9.97 Å². The molecule has 2 heterocycles. The molecule has 0 spiro atoms. The van der Waals surface area contributed by atoms with Crippen molar-refractivity contribution in [3.05, 3.63) is 40.0 Å². The fourth-order valence-corrected chi connectivity index (χ4v) is 3.08. The van der Waals surface area contributed by atoms with Crippen molar-refractivity contribution in [1.29, 1.82) is 0 Å². The van der Waals surface area contributed by atoms with Crippen molar-refractivity contribution in [2.75, 3.05) is 5.73 Å². The molecule has 0 saturated heterocycles. The van der Waals surface area contributed by atoms with Gasteiger partial charge in [0.1, 0.15) is 12.1 Å². The number of rotatable bonds is 1. The van der Waals surface area contributed by atoms with E-state index in [1.807, 2.05) is 11.4 Å². The molecule has 2 aromatic heterocycles. The summed E-state index contributed by atoms with van der Waals surface area (Å²) < 4.78 is 0. The lowest BCUT2D eigenvalue weighted by Gasteiger charge is -2.22. The van der Waals surface area contributed by atoms with E-state index in [1.54, 1.807) is 11.3 Å². The second-order valence-corrected chi connectivity index (χ2v) is 5.10. The second-order valence-electron chi connectivity index (χ2n) is 4.12. The highest BCUT2D eigenvalue weighted by atomic mass is 32.1. The maximum Gasteiger partial charge on any atom is 0.169 e. The van der Waals surface area contributed by atoms with Crippen molar-refractivity contribution in [3.8, 4) is 0 Å². The molecular weight excluding hydrogens is 234 g/mol. The summed E-state index contributed by atoms with van der Waals surface area (Å²) in [6.45, 7) is 0. The van der Waals surface area contributed by atoms with Crippen LogP contribution in [0.4, 0.5) is 5.82 Å². The summed E-state index contributed by atoms with van der Waals surface area (Å²) in [5, 5.41) is 2.03. The number of anilines is 1. The van der Waals surface area contributed by atoms with E-state index in [2.05, 4.69) is 16.0 Å². The quantitative estimate of drug-likeness (QED) is 0.834. The largest absolute Gasteiger partial charge is 0.383 e. The molecule has 1 atom stereocenters. The molecule has 0 aliphatic heterocycles. The zero-order chi connectivity index (χ0) is 11.8. The third kappa shape index (κ3) is 1.72. The number of hydrogen-bond acceptors (Lipinski definition) is 5. The molecule has 0 aromatic carbocycles. The Morgan fingerprint density at radius 1 is 1.35 bits per heavy atom. The molecule has 4 nitrogen and oxygen atoms in total. The summed E-state index contributed by atoms with van der Waals surface area (Å²) in [5.74, 6) is 0.608. The molecule has 0 bridgehead atoms. The number of carbonyl (C=O) groups excluding carboxylic acids is 1. The van der Waals surface area contributed by atoms with E-state index in [9.17, 15) is 4.79 Å². The minimum atomic E-state index is 0.0581. The zero-order valence-corrected chi connectivity index (χ0v) is 9.91. The van der Waals surface area contributed by atoms with E-state index in [0.29, 0.717) is 17.8 Å². The molecule has 0 amide bonds. The Hall–Kier alpha value is -1.75. The van der Waals surface area contributed by atoms with Crippen LogP contribution in [0.2, 0.25) is 0 Å². The molecule has 3 rings (SSSR count). The summed E-state index contributed by atoms with van der Waals surface area (Å²) in [5.41, 5.74) is 7.04. The number of aromatic nitrogens is 2. The van der Waals surface area contributed by atoms with Gasteiger partial charge in [-0.2, -0.15) is 0 Å². The highest BCUT2D eigenvalue weighted by Gasteiger charge is 2.29. The number of ketones is 1. The molecule has 2 N–H and O–H groups in total. The molecule has 0 saturated carbocycles. The lowest BCUT2D eigenvalue weighted by Crippen LogP contribution is -2.21. The van der Waals surface area contributed by atoms with Crippen molar-refractivity contribution in [2.45, 2.75) is 18.8 Å². The van der Waals surface area contributed by atoms with Gasteiger partial charge >= 0.3 is 0 Å². The Morgan fingerprint density at radius 2 is 2.24 bits per heavy atom. The van der Waals surface area contributed by atoms with Gasteiger partial charge in [0, 0.05) is 17.2 Å². The van der Waals surface area contributed by atoms with Crippen LogP contribution in [0.1, 0.15) is 33.3 Å². The topological polar surface area (TPSA) is 68.9 Å². The van der Waals surface area contributed by atoms with E-state index in [4.69, 9.17) is 5.73 Å². The number of hydrogen-bond donors (Lipinski definition) is 1. The zero-order valence-electron chi connectivity index (χ0n) is 9.09. The van der Waals surface area contributed by atoms with Gasteiger partial charge in [0.15, 0.2) is 5.78 Å². The molecule has 5 heteroatoms. The number of carbonyl (C=O) groups is 1. The van der Waals surface area contributed by atoms with E-state index < -0.39 is 0 Å². The monoisotopic (exact) mass is 245 g/mol. The van der Waals surface area contributed by atoms with Gasteiger partial charge < -0.3 is 5.73 Å². The molecule has 2 aromatic rings. The lowest BCUT2D eigenvalue weighted by atomic mass is 9.85. The smallest absolute Gasteiger partial charge is 0.169 e. The van der Waals surface area contributed by atoms with Gasteiger partial charge in [-0.1, -0.05) is 6.07 Å². The minimum Gasteiger partial charge on any atom is -0.383 e. The molecule has 1 aliphatic rings. The van der Waals surface area contributed by atoms with Crippen LogP contribution in [0.5, 0.6) is 0 Å². The van der Waals surface area contributed by atoms with Gasteiger partial charge in [-0.05, 0) is 17.9 Å². The van der Waals surface area contributed by atoms with Gasteiger partial charge in [-0.3, -0.25) is 4.79 Å². The van der Waals surface area contributed by atoms with E-state index in [-0.39, 0.29) is 11.7 Å². The average Bonchev–Trinajstić information content (AvgIpc) is 2.81. The van der Waals surface area contributed by atoms with Gasteiger partial charge in [0.05, 0.1) is 11.3 Å². The summed E-state index contributed by atoms with van der Waals surface area (Å²) in [4.78, 5) is 21.4. The van der Waals surface area contributed by atoms with Crippen molar-refractivity contribution in [2.24, 2.45) is 0 Å². The molecule has 0 radical (unpaired) electrons. The maximum absolute atomic E-state index is 12.1. The first-order valence-electron chi connectivity index (χ1n) is 5.41. The van der Waals surface area contributed by atoms with Crippen molar-refractivity contribution in [3.63, 3.8) is 0 Å². The average molecular weight is 245 g/mol. The standard InChI is InChI=1S/C12H11N3OS/c13-12-11-8(14-6-15-12)4-7(5-9(11)16)10-2-1-3-17-10/h1-3,6-7H,4-5H2,(H2,13,14,15)/t7-/m0/s1. The van der Waals surface area contributed by atoms with E-state index in [1.165, 1.54) is 11.2 Å². The number of fused-ring (bicyclic) bond motifs is 1. The third-order valence-electron chi connectivity index (χ3n) is 3.05. The van der Waals surface area contributed by atoms with Crippen LogP contribution < -0.4 is 5.73 Å². The maximum atomic E-state index is 12.1. The molecule has 17 heavy (non-hydrogen) atoms. The first kappa shape index (κ1) is 10.4. The second kappa shape index (κ2) is 3.92. The fourth-order valence-electron chi connectivity index (χ4n) is 2.25. The van der Waals surface area contributed by atoms with Crippen LogP contribution in [0, 0.1) is 0 Å². The van der Waals surface area contributed by atoms with Crippen LogP contribution in [-0.4, -0.2) is 15.8 Å². The number of nitrogens with two attached hydrogens (primary N) is 1. The summed E-state index contributed by atoms with van der Waals surface area (Å²) in [6.07, 6.45) is 2.71. The van der Waals surface area contributed by atoms with Crippen LogP contribution in [0.3, 0.4) is 0 Å². The minimum absolute atomic E-state index is 0.0581. The lowest BCUT2D eigenvalue weighted by molar-refractivity contribution is 0.0964. The number of Topliss-reactive ketones (excluding diaryl/α,β-unsaturated/α-hetero) is 1. The Bertz CT molecular complexity index is 565. The SMILES string of the molecule is Nc1ncnc2c1C(=O)C[C@@H](c1cccs1)C2. The molecule has 0 unspecified atom stereocenters. The Balaban J connectivity index is 2.02. The van der Waals surface area contributed by atoms with Crippen LogP contribution >= 0.6 is 11.3 Å². The number of nitrogen functional groups attached to an aromatic ring is 1. The predicted octanol–water partition coefficient (Wildman–Crippen LogP) is 2.03. The highest BCUT2D eigenvalue weighted by Crippen LogP contribution is 2.35. The van der Waals surface area contributed by atoms with Crippen LogP contribution in [-0.2, 0) is 6.42 Å². The molecule has 1 aliphatic carbocycles. The molecule has 86 valence electrons. The Morgan fingerprint density at radius 3 is 3.00 bits per heavy atom. The van der Waals surface area contributed by atoms with E-state index in [0.717, 1.165) is 12.1 Å². The van der Waals surface area contributed by atoms with Crippen LogP contribution in [0.25, 0.3) is 0 Å². The Kier molecular flexibility index (Phi) is 2.40. The van der Waals surface area contributed by atoms with Crippen molar-refractivity contribution < 1.29 is 4.79 Å². The number of thiophene rings is 1. The highest BCUT2D eigenvalue weighted by molar-refractivity contribution is 7.10. The number of nitrogens with zero attached hydrogens (tertiary/aromatic N) is 2. The first-order chi connectivity index (χ1) is 8.25. The Labute approximate surface area is 103 Å². The molecular formula is C12H11N3OS. The molecule has 0 fully saturated rings. The third-order valence-corrected chi connectivity index (χ3v) is 4.09. The predicted molar refractivity (Wildman–Crippen MR) is 66.2 cm³/mol. The van der Waals surface area contributed by atoms with Gasteiger partial charge in [0.2, 0.25) is 0 Å². The first-order valence-corrected chi connectivity index (χ1v) is 6.29. The van der Waals surface area contributed by atoms with Gasteiger partial charge in [-0.15, -0.1) is 11.3 Å².